The fourth-order valence-electron chi connectivity index (χ4n) is 2.49. The molecule has 1 aliphatic heterocycles. The standard InChI is InChI=1S/C17H13Cl2NO3S/c1-23-17(22)10-2-5-12(6-3-10)20-15(21)9-24-16(20)11-4-7-13(18)14(19)8-11/h2-8,16H,9H2,1H3. The Morgan fingerprint density at radius 1 is 1.17 bits per heavy atom. The molecule has 7 heteroatoms. The normalized spacial score (nSPS) is 17.2. The number of amides is 1. The van der Waals surface area contributed by atoms with E-state index in [1.54, 1.807) is 41.3 Å². The predicted octanol–water partition coefficient (Wildman–Crippen LogP) is 4.56. The van der Waals surface area contributed by atoms with Gasteiger partial charge in [-0.05, 0) is 42.0 Å². The van der Waals surface area contributed by atoms with Gasteiger partial charge in [0, 0.05) is 5.69 Å². The van der Waals surface area contributed by atoms with Gasteiger partial charge in [-0.25, -0.2) is 4.79 Å². The van der Waals surface area contributed by atoms with Gasteiger partial charge in [-0.15, -0.1) is 11.8 Å². The van der Waals surface area contributed by atoms with E-state index >= 15 is 0 Å². The van der Waals surface area contributed by atoms with Crippen molar-refractivity contribution in [3.05, 3.63) is 63.6 Å². The van der Waals surface area contributed by atoms with E-state index in [1.807, 2.05) is 6.07 Å². The number of carbonyl (C=O) groups is 2. The molecule has 3 rings (SSSR count). The Labute approximate surface area is 153 Å². The molecular formula is C17H13Cl2NO3S. The molecule has 1 amide bonds. The Morgan fingerprint density at radius 2 is 1.88 bits per heavy atom. The second-order valence-corrected chi connectivity index (χ2v) is 7.02. The molecule has 2 aromatic carbocycles. The van der Waals surface area contributed by atoms with Crippen LogP contribution in [0.4, 0.5) is 5.69 Å². The minimum atomic E-state index is -0.412. The number of esters is 1. The van der Waals surface area contributed by atoms with Gasteiger partial charge in [-0.3, -0.25) is 9.69 Å². The van der Waals surface area contributed by atoms with E-state index in [9.17, 15) is 9.59 Å². The van der Waals surface area contributed by atoms with E-state index in [4.69, 9.17) is 23.2 Å². The lowest BCUT2D eigenvalue weighted by Gasteiger charge is -2.24. The molecule has 2 aromatic rings. The molecule has 1 unspecified atom stereocenters. The maximum Gasteiger partial charge on any atom is 0.337 e. The second kappa shape index (κ2) is 7.05. The zero-order valence-electron chi connectivity index (χ0n) is 12.7. The molecule has 0 aliphatic carbocycles. The van der Waals surface area contributed by atoms with Crippen molar-refractivity contribution in [2.24, 2.45) is 0 Å². The summed E-state index contributed by atoms with van der Waals surface area (Å²) in [6.07, 6.45) is 0. The number of ether oxygens (including phenoxy) is 1. The second-order valence-electron chi connectivity index (χ2n) is 5.14. The molecule has 1 atom stereocenters. The van der Waals surface area contributed by atoms with E-state index in [2.05, 4.69) is 4.74 Å². The number of benzene rings is 2. The van der Waals surface area contributed by atoms with Crippen LogP contribution in [0, 0.1) is 0 Å². The monoisotopic (exact) mass is 381 g/mol. The van der Waals surface area contributed by atoms with Gasteiger partial charge in [0.05, 0.1) is 28.5 Å². The summed E-state index contributed by atoms with van der Waals surface area (Å²) in [6, 6.07) is 12.1. The fraction of sp³-hybridized carbons (Fsp3) is 0.176. The highest BCUT2D eigenvalue weighted by atomic mass is 35.5. The van der Waals surface area contributed by atoms with Gasteiger partial charge in [0.25, 0.3) is 0 Å². The number of thioether (sulfide) groups is 1. The Hall–Kier alpha value is -1.69. The lowest BCUT2D eigenvalue weighted by atomic mass is 10.1. The SMILES string of the molecule is COC(=O)c1ccc(N2C(=O)CSC2c2ccc(Cl)c(Cl)c2)cc1. The van der Waals surface area contributed by atoms with Crippen LogP contribution in [-0.4, -0.2) is 24.7 Å². The van der Waals surface area contributed by atoms with Crippen molar-refractivity contribution < 1.29 is 14.3 Å². The average molecular weight is 382 g/mol. The van der Waals surface area contributed by atoms with Crippen molar-refractivity contribution in [3.63, 3.8) is 0 Å². The van der Waals surface area contributed by atoms with Crippen molar-refractivity contribution in [1.29, 1.82) is 0 Å². The van der Waals surface area contributed by atoms with Gasteiger partial charge in [0.2, 0.25) is 5.91 Å². The minimum Gasteiger partial charge on any atom is -0.465 e. The molecule has 124 valence electrons. The number of halogens is 2. The highest BCUT2D eigenvalue weighted by molar-refractivity contribution is 8.00. The van der Waals surface area contributed by atoms with Crippen molar-refractivity contribution in [3.8, 4) is 0 Å². The van der Waals surface area contributed by atoms with E-state index < -0.39 is 5.97 Å². The molecule has 0 aromatic heterocycles. The zero-order chi connectivity index (χ0) is 17.3. The number of anilines is 1. The molecule has 0 radical (unpaired) electrons. The van der Waals surface area contributed by atoms with Crippen molar-refractivity contribution in [2.75, 3.05) is 17.8 Å². The highest BCUT2D eigenvalue weighted by Crippen LogP contribution is 2.43. The van der Waals surface area contributed by atoms with Gasteiger partial charge >= 0.3 is 5.97 Å². The summed E-state index contributed by atoms with van der Waals surface area (Å²) in [6.45, 7) is 0. The van der Waals surface area contributed by atoms with E-state index in [0.717, 1.165) is 5.56 Å². The van der Waals surface area contributed by atoms with Gasteiger partial charge in [0.1, 0.15) is 5.37 Å². The molecule has 24 heavy (non-hydrogen) atoms. The molecule has 1 fully saturated rings. The van der Waals surface area contributed by atoms with Gasteiger partial charge in [-0.1, -0.05) is 29.3 Å². The lowest BCUT2D eigenvalue weighted by Crippen LogP contribution is -2.27. The maximum atomic E-state index is 12.3. The van der Waals surface area contributed by atoms with Crippen LogP contribution in [0.15, 0.2) is 42.5 Å². The number of methoxy groups -OCH3 is 1. The molecule has 4 nitrogen and oxygen atoms in total. The lowest BCUT2D eigenvalue weighted by molar-refractivity contribution is -0.115. The Morgan fingerprint density at radius 3 is 2.50 bits per heavy atom. The van der Waals surface area contributed by atoms with Crippen molar-refractivity contribution in [1.82, 2.24) is 0 Å². The summed E-state index contributed by atoms with van der Waals surface area (Å²) in [5.41, 5.74) is 2.05. The van der Waals surface area contributed by atoms with Gasteiger partial charge < -0.3 is 4.74 Å². The molecule has 0 N–H and O–H groups in total. The Bertz CT molecular complexity index is 795. The van der Waals surface area contributed by atoms with Crippen LogP contribution in [0.2, 0.25) is 10.0 Å². The van der Waals surface area contributed by atoms with Crippen LogP contribution in [-0.2, 0) is 9.53 Å². The van der Waals surface area contributed by atoms with Crippen molar-refractivity contribution >= 4 is 52.5 Å². The van der Waals surface area contributed by atoms with Crippen LogP contribution >= 0.6 is 35.0 Å². The topological polar surface area (TPSA) is 46.6 Å². The predicted molar refractivity (Wildman–Crippen MR) is 96.9 cm³/mol. The van der Waals surface area contributed by atoms with Crippen LogP contribution < -0.4 is 4.90 Å². The first-order chi connectivity index (χ1) is 11.5. The molecule has 1 heterocycles. The smallest absolute Gasteiger partial charge is 0.337 e. The maximum absolute atomic E-state index is 12.3. The third kappa shape index (κ3) is 3.24. The number of hydrogen-bond acceptors (Lipinski definition) is 4. The highest BCUT2D eigenvalue weighted by Gasteiger charge is 2.34. The van der Waals surface area contributed by atoms with Crippen LogP contribution in [0.3, 0.4) is 0 Å². The van der Waals surface area contributed by atoms with Gasteiger partial charge in [-0.2, -0.15) is 0 Å². The molecule has 0 spiro atoms. The summed E-state index contributed by atoms with van der Waals surface area (Å²) in [5, 5.41) is 0.745. The first-order valence-corrected chi connectivity index (χ1v) is 8.88. The third-order valence-corrected chi connectivity index (χ3v) is 5.61. The summed E-state index contributed by atoms with van der Waals surface area (Å²) in [5.74, 6) is -0.0319. The first kappa shape index (κ1) is 17.1. The number of carbonyl (C=O) groups excluding carboxylic acids is 2. The third-order valence-electron chi connectivity index (χ3n) is 3.66. The van der Waals surface area contributed by atoms with Gasteiger partial charge in [0.15, 0.2) is 0 Å². The summed E-state index contributed by atoms with van der Waals surface area (Å²) >= 11 is 13.6. The quantitative estimate of drug-likeness (QED) is 0.731. The largest absolute Gasteiger partial charge is 0.465 e. The molecular weight excluding hydrogens is 369 g/mol. The Kier molecular flexibility index (Phi) is 5.04. The molecule has 1 saturated heterocycles. The first-order valence-electron chi connectivity index (χ1n) is 7.08. The average Bonchev–Trinajstić information content (AvgIpc) is 2.98. The minimum absolute atomic E-state index is 0.00175. The van der Waals surface area contributed by atoms with E-state index in [0.29, 0.717) is 27.0 Å². The fourth-order valence-corrected chi connectivity index (χ4v) is 3.97. The Balaban J connectivity index is 1.93. The zero-order valence-corrected chi connectivity index (χ0v) is 15.0. The van der Waals surface area contributed by atoms with E-state index in [-0.39, 0.29) is 11.3 Å². The molecule has 0 bridgehead atoms. The van der Waals surface area contributed by atoms with Crippen LogP contribution in [0.25, 0.3) is 0 Å². The van der Waals surface area contributed by atoms with Crippen LogP contribution in [0.5, 0.6) is 0 Å². The molecule has 0 saturated carbocycles. The molecule has 1 aliphatic rings. The van der Waals surface area contributed by atoms with Crippen LogP contribution in [0.1, 0.15) is 21.3 Å². The summed E-state index contributed by atoms with van der Waals surface area (Å²) < 4.78 is 4.69. The van der Waals surface area contributed by atoms with Crippen molar-refractivity contribution in [2.45, 2.75) is 5.37 Å². The number of nitrogens with zero attached hydrogens (tertiary/aromatic N) is 1. The number of rotatable bonds is 3. The summed E-state index contributed by atoms with van der Waals surface area (Å²) in [7, 11) is 1.33. The van der Waals surface area contributed by atoms with E-state index in [1.165, 1.54) is 18.9 Å². The summed E-state index contributed by atoms with van der Waals surface area (Å²) in [4.78, 5) is 25.6. The number of hydrogen-bond donors (Lipinski definition) is 0.